The lowest BCUT2D eigenvalue weighted by Gasteiger charge is -1.84. The maximum absolute atomic E-state index is 10.7. The summed E-state index contributed by atoms with van der Waals surface area (Å²) >= 11 is 1.60. The first-order chi connectivity index (χ1) is 5.75. The molecule has 2 N–H and O–H groups in total. The Morgan fingerprint density at radius 3 is 2.83 bits per heavy atom. The molecule has 0 aliphatic carbocycles. The Kier molecular flexibility index (Phi) is 1.58. The van der Waals surface area contributed by atoms with E-state index in [1.165, 1.54) is 4.88 Å². The van der Waals surface area contributed by atoms with Crippen molar-refractivity contribution in [2.45, 2.75) is 6.92 Å². The van der Waals surface area contributed by atoms with Crippen LogP contribution in [0.1, 0.15) is 4.88 Å². The molecule has 0 spiro atoms. The molecule has 0 saturated heterocycles. The van der Waals surface area contributed by atoms with Gasteiger partial charge in [-0.1, -0.05) is 0 Å². The fraction of sp³-hybridized carbons (Fsp3) is 0.143. The van der Waals surface area contributed by atoms with Crippen LogP contribution in [0.4, 0.5) is 0 Å². The maximum Gasteiger partial charge on any atom is 0.340 e. The lowest BCUT2D eigenvalue weighted by molar-refractivity contribution is 1.05. The van der Waals surface area contributed by atoms with Gasteiger partial charge in [-0.2, -0.15) is 5.10 Å². The molecule has 0 radical (unpaired) electrons. The monoisotopic (exact) mass is 181 g/mol. The number of thiophene rings is 1. The normalized spacial score (nSPS) is 10.4. The van der Waals surface area contributed by atoms with Crippen LogP contribution in [0.25, 0.3) is 10.7 Å². The molecule has 0 fully saturated rings. The van der Waals surface area contributed by atoms with E-state index < -0.39 is 0 Å². The summed E-state index contributed by atoms with van der Waals surface area (Å²) in [6.45, 7) is 2.01. The summed E-state index contributed by atoms with van der Waals surface area (Å²) < 4.78 is 0. The third-order valence-electron chi connectivity index (χ3n) is 1.47. The van der Waals surface area contributed by atoms with Gasteiger partial charge in [-0.3, -0.25) is 4.98 Å². The highest BCUT2D eigenvalue weighted by molar-refractivity contribution is 7.15. The molecule has 2 aromatic heterocycles. The molecule has 0 saturated carbocycles. The van der Waals surface area contributed by atoms with E-state index in [1.54, 1.807) is 11.3 Å². The number of H-pyrrole nitrogens is 2. The molecule has 0 amide bonds. The molecular weight excluding hydrogens is 174 g/mol. The Bertz CT molecular complexity index is 439. The second-order valence-corrected chi connectivity index (χ2v) is 3.72. The number of aromatic nitrogens is 3. The molecule has 2 rings (SSSR count). The summed E-state index contributed by atoms with van der Waals surface area (Å²) in [7, 11) is 0. The zero-order valence-corrected chi connectivity index (χ0v) is 7.23. The van der Waals surface area contributed by atoms with E-state index in [1.807, 2.05) is 19.1 Å². The van der Waals surface area contributed by atoms with Crippen LogP contribution in [0.3, 0.4) is 0 Å². The van der Waals surface area contributed by atoms with Gasteiger partial charge in [0.25, 0.3) is 0 Å². The summed E-state index contributed by atoms with van der Waals surface area (Å²) in [5.41, 5.74) is -0.268. The van der Waals surface area contributed by atoms with Crippen LogP contribution in [0.2, 0.25) is 0 Å². The first-order valence-electron chi connectivity index (χ1n) is 3.47. The number of aromatic amines is 2. The van der Waals surface area contributed by atoms with Crippen molar-refractivity contribution in [1.29, 1.82) is 0 Å². The Hall–Kier alpha value is -1.36. The lowest BCUT2D eigenvalue weighted by Crippen LogP contribution is -2.00. The van der Waals surface area contributed by atoms with Gasteiger partial charge in [-0.25, -0.2) is 9.89 Å². The fourth-order valence-electron chi connectivity index (χ4n) is 0.949. The molecule has 0 aromatic carbocycles. The van der Waals surface area contributed by atoms with Crippen molar-refractivity contribution < 1.29 is 0 Å². The van der Waals surface area contributed by atoms with Crippen molar-refractivity contribution in [2.75, 3.05) is 0 Å². The number of rotatable bonds is 1. The molecule has 2 aromatic rings. The third kappa shape index (κ3) is 1.18. The van der Waals surface area contributed by atoms with E-state index in [4.69, 9.17) is 0 Å². The van der Waals surface area contributed by atoms with Crippen LogP contribution < -0.4 is 5.69 Å². The van der Waals surface area contributed by atoms with Gasteiger partial charge in [0.15, 0.2) is 5.82 Å². The van der Waals surface area contributed by atoms with Gasteiger partial charge in [0.2, 0.25) is 0 Å². The van der Waals surface area contributed by atoms with Crippen molar-refractivity contribution in [2.24, 2.45) is 0 Å². The van der Waals surface area contributed by atoms with Crippen LogP contribution in [0.15, 0.2) is 16.9 Å². The minimum Gasteiger partial charge on any atom is -0.288 e. The van der Waals surface area contributed by atoms with Crippen molar-refractivity contribution in [1.82, 2.24) is 15.2 Å². The van der Waals surface area contributed by atoms with Crippen molar-refractivity contribution in [3.63, 3.8) is 0 Å². The Balaban J connectivity index is 2.50. The number of aryl methyl sites for hydroxylation is 1. The summed E-state index contributed by atoms with van der Waals surface area (Å²) in [4.78, 5) is 15.5. The molecule has 0 aliphatic heterocycles. The van der Waals surface area contributed by atoms with E-state index in [-0.39, 0.29) is 5.69 Å². The summed E-state index contributed by atoms with van der Waals surface area (Å²) in [5.74, 6) is 0.609. The van der Waals surface area contributed by atoms with Crippen LogP contribution in [0.5, 0.6) is 0 Å². The van der Waals surface area contributed by atoms with Gasteiger partial charge in [-0.15, -0.1) is 11.3 Å². The van der Waals surface area contributed by atoms with Crippen molar-refractivity contribution in [3.05, 3.63) is 27.5 Å². The standard InChI is InChI=1S/C7H7N3OS/c1-4-2-3-5(12-4)6-8-7(11)10-9-6/h2-3H,1H3,(H2,8,9,10,11). The second-order valence-electron chi connectivity index (χ2n) is 2.44. The second kappa shape index (κ2) is 2.60. The zero-order chi connectivity index (χ0) is 8.55. The maximum atomic E-state index is 10.7. The van der Waals surface area contributed by atoms with Gasteiger partial charge in [0.1, 0.15) is 0 Å². The van der Waals surface area contributed by atoms with E-state index in [0.29, 0.717) is 5.82 Å². The Morgan fingerprint density at radius 1 is 1.50 bits per heavy atom. The Labute approximate surface area is 72.3 Å². The van der Waals surface area contributed by atoms with Gasteiger partial charge < -0.3 is 0 Å². The number of hydrogen-bond acceptors (Lipinski definition) is 3. The first kappa shape index (κ1) is 7.30. The molecule has 0 bridgehead atoms. The topological polar surface area (TPSA) is 61.5 Å². The smallest absolute Gasteiger partial charge is 0.288 e. The Morgan fingerprint density at radius 2 is 2.33 bits per heavy atom. The minimum atomic E-state index is -0.268. The quantitative estimate of drug-likeness (QED) is 0.692. The summed E-state index contributed by atoms with van der Waals surface area (Å²) in [6.07, 6.45) is 0. The van der Waals surface area contributed by atoms with Gasteiger partial charge in [0.05, 0.1) is 4.88 Å². The van der Waals surface area contributed by atoms with Crippen LogP contribution >= 0.6 is 11.3 Å². The van der Waals surface area contributed by atoms with E-state index in [9.17, 15) is 4.79 Å². The number of nitrogens with zero attached hydrogens (tertiary/aromatic N) is 1. The third-order valence-corrected chi connectivity index (χ3v) is 2.48. The molecular formula is C7H7N3OS. The van der Waals surface area contributed by atoms with Gasteiger partial charge in [0, 0.05) is 4.88 Å². The van der Waals surface area contributed by atoms with Crippen LogP contribution in [-0.2, 0) is 0 Å². The molecule has 12 heavy (non-hydrogen) atoms. The van der Waals surface area contributed by atoms with E-state index in [2.05, 4.69) is 15.2 Å². The average Bonchev–Trinajstić information content (AvgIpc) is 2.58. The highest BCUT2D eigenvalue weighted by Crippen LogP contribution is 2.22. The van der Waals surface area contributed by atoms with E-state index in [0.717, 1.165) is 4.88 Å². The van der Waals surface area contributed by atoms with Crippen molar-refractivity contribution in [3.8, 4) is 10.7 Å². The molecule has 0 aliphatic rings. The van der Waals surface area contributed by atoms with Crippen molar-refractivity contribution >= 4 is 11.3 Å². The fourth-order valence-corrected chi connectivity index (χ4v) is 1.76. The first-order valence-corrected chi connectivity index (χ1v) is 4.29. The highest BCUT2D eigenvalue weighted by Gasteiger charge is 2.03. The summed E-state index contributed by atoms with van der Waals surface area (Å²) in [6, 6.07) is 3.93. The number of nitrogens with one attached hydrogen (secondary N) is 2. The highest BCUT2D eigenvalue weighted by atomic mass is 32.1. The molecule has 5 heteroatoms. The predicted molar refractivity (Wildman–Crippen MR) is 47.3 cm³/mol. The lowest BCUT2D eigenvalue weighted by atomic mass is 10.4. The molecule has 4 nitrogen and oxygen atoms in total. The molecule has 0 unspecified atom stereocenters. The van der Waals surface area contributed by atoms with Gasteiger partial charge >= 0.3 is 5.69 Å². The average molecular weight is 181 g/mol. The predicted octanol–water partition coefficient (Wildman–Crippen LogP) is 1.13. The zero-order valence-electron chi connectivity index (χ0n) is 6.42. The molecule has 2 heterocycles. The largest absolute Gasteiger partial charge is 0.340 e. The molecule has 0 atom stereocenters. The molecule has 62 valence electrons. The van der Waals surface area contributed by atoms with Crippen LogP contribution in [-0.4, -0.2) is 15.2 Å². The van der Waals surface area contributed by atoms with Gasteiger partial charge in [-0.05, 0) is 19.1 Å². The van der Waals surface area contributed by atoms with E-state index >= 15 is 0 Å². The van der Waals surface area contributed by atoms with Crippen LogP contribution in [0, 0.1) is 6.92 Å². The number of hydrogen-bond donors (Lipinski definition) is 2. The summed E-state index contributed by atoms with van der Waals surface area (Å²) in [5, 5.41) is 6.14. The SMILES string of the molecule is Cc1ccc(-c2n[nH]c(=O)[nH]2)s1. The minimum absolute atomic E-state index is 0.268.